The molecule has 0 bridgehead atoms. The molecule has 1 unspecified atom stereocenters. The molecule has 108 valence electrons. The van der Waals surface area contributed by atoms with Crippen molar-refractivity contribution in [3.8, 4) is 0 Å². The summed E-state index contributed by atoms with van der Waals surface area (Å²) in [5.74, 6) is 0. The van der Waals surface area contributed by atoms with Crippen LogP contribution in [0.25, 0.3) is 27.8 Å². The summed E-state index contributed by atoms with van der Waals surface area (Å²) >= 11 is 0. The highest BCUT2D eigenvalue weighted by molar-refractivity contribution is 6.10. The van der Waals surface area contributed by atoms with Gasteiger partial charge in [0.25, 0.3) is 0 Å². The third kappa shape index (κ3) is 1.64. The third-order valence-corrected chi connectivity index (χ3v) is 5.44. The molecule has 21 heavy (non-hydrogen) atoms. The summed E-state index contributed by atoms with van der Waals surface area (Å²) in [5, 5.41) is 5.73. The molecule has 1 aliphatic rings. The van der Waals surface area contributed by atoms with E-state index >= 15 is 0 Å². The second kappa shape index (κ2) is 4.62. The van der Waals surface area contributed by atoms with Crippen LogP contribution in [0.15, 0.2) is 36.4 Å². The van der Waals surface area contributed by atoms with E-state index in [0.717, 1.165) is 0 Å². The number of unbranched alkanes of at least 4 members (excludes halogenated alkanes) is 1. The van der Waals surface area contributed by atoms with Gasteiger partial charge in [0, 0.05) is 21.7 Å². The van der Waals surface area contributed by atoms with E-state index in [1.807, 2.05) is 0 Å². The highest BCUT2D eigenvalue weighted by atomic mass is 15.1. The van der Waals surface area contributed by atoms with Gasteiger partial charge in [-0.1, -0.05) is 63.1 Å². The third-order valence-electron chi connectivity index (χ3n) is 5.44. The van der Waals surface area contributed by atoms with E-state index in [0.29, 0.717) is 5.54 Å². The molecule has 2 aromatic carbocycles. The monoisotopic (exact) mass is 277 g/mol. The number of fused-ring (bicyclic) bond motifs is 3. The minimum absolute atomic E-state index is 0.304. The number of hydrogen-bond donors (Lipinski definition) is 0. The molecule has 0 radical (unpaired) electrons. The van der Waals surface area contributed by atoms with Crippen molar-refractivity contribution < 1.29 is 0 Å². The van der Waals surface area contributed by atoms with Crippen LogP contribution in [-0.4, -0.2) is 4.57 Å². The maximum Gasteiger partial charge on any atom is 0.0502 e. The lowest BCUT2D eigenvalue weighted by atomic mass is 9.87. The average molecular weight is 277 g/mol. The van der Waals surface area contributed by atoms with Gasteiger partial charge in [-0.25, -0.2) is 0 Å². The minimum Gasteiger partial charge on any atom is -0.334 e. The fourth-order valence-electron chi connectivity index (χ4n) is 4.26. The van der Waals surface area contributed by atoms with Crippen LogP contribution in [-0.2, 0) is 5.54 Å². The van der Waals surface area contributed by atoms with Gasteiger partial charge in [0.2, 0.25) is 0 Å². The molecule has 0 fully saturated rings. The normalized spacial score (nSPS) is 21.0. The van der Waals surface area contributed by atoms with Gasteiger partial charge in [-0.2, -0.15) is 0 Å². The summed E-state index contributed by atoms with van der Waals surface area (Å²) in [5.41, 5.74) is 1.74. The Morgan fingerprint density at radius 1 is 1.10 bits per heavy atom. The molecule has 0 N–H and O–H groups in total. The quantitative estimate of drug-likeness (QED) is 0.633. The van der Waals surface area contributed by atoms with E-state index in [2.05, 4.69) is 60.9 Å². The predicted molar refractivity (Wildman–Crippen MR) is 91.5 cm³/mol. The van der Waals surface area contributed by atoms with Crippen molar-refractivity contribution in [1.82, 2.24) is 4.57 Å². The lowest BCUT2D eigenvalue weighted by molar-refractivity contribution is 0.269. The molecule has 1 nitrogen and oxygen atoms in total. The maximum absolute atomic E-state index is 2.67. The van der Waals surface area contributed by atoms with Crippen molar-refractivity contribution in [1.29, 1.82) is 0 Å². The van der Waals surface area contributed by atoms with Crippen LogP contribution in [0.2, 0.25) is 0 Å². The summed E-state index contributed by atoms with van der Waals surface area (Å²) in [6.07, 6.45) is 8.79. The van der Waals surface area contributed by atoms with Crippen molar-refractivity contribution in [2.24, 2.45) is 0 Å². The fourth-order valence-corrected chi connectivity index (χ4v) is 4.26. The molecule has 0 saturated heterocycles. The van der Waals surface area contributed by atoms with Gasteiger partial charge in [-0.15, -0.1) is 0 Å². The average Bonchev–Trinajstić information content (AvgIpc) is 3.06. The number of nitrogens with zero attached hydrogens (tertiary/aromatic N) is 1. The van der Waals surface area contributed by atoms with E-state index in [9.17, 15) is 0 Å². The predicted octanol–water partition coefficient (Wildman–Crippen LogP) is 4.99. The summed E-state index contributed by atoms with van der Waals surface area (Å²) in [6.45, 7) is 4.65. The molecular weight excluding hydrogens is 254 g/mol. The Labute approximate surface area is 126 Å². The van der Waals surface area contributed by atoms with Crippen LogP contribution in [0, 0.1) is 0 Å². The summed E-state index contributed by atoms with van der Waals surface area (Å²) in [4.78, 5) is 0. The Morgan fingerprint density at radius 2 is 1.90 bits per heavy atom. The zero-order chi connectivity index (χ0) is 14.4. The molecule has 1 aromatic heterocycles. The van der Waals surface area contributed by atoms with E-state index in [4.69, 9.17) is 0 Å². The second-order valence-electron chi connectivity index (χ2n) is 6.49. The van der Waals surface area contributed by atoms with Crippen molar-refractivity contribution in [3.63, 3.8) is 0 Å². The lowest BCUT2D eigenvalue weighted by Crippen LogP contribution is -2.33. The lowest BCUT2D eigenvalue weighted by Gasteiger charge is -2.32. The van der Waals surface area contributed by atoms with Gasteiger partial charge >= 0.3 is 0 Å². The smallest absolute Gasteiger partial charge is 0.0502 e. The maximum atomic E-state index is 2.67. The van der Waals surface area contributed by atoms with E-state index in [-0.39, 0.29) is 0 Å². The number of aromatic nitrogens is 1. The second-order valence-corrected chi connectivity index (χ2v) is 6.49. The summed E-state index contributed by atoms with van der Waals surface area (Å²) < 4.78 is 2.67. The molecule has 2 heterocycles. The molecule has 0 saturated carbocycles. The van der Waals surface area contributed by atoms with Crippen molar-refractivity contribution in [2.75, 3.05) is 0 Å². The van der Waals surface area contributed by atoms with Crippen LogP contribution in [0.3, 0.4) is 0 Å². The van der Waals surface area contributed by atoms with Crippen LogP contribution >= 0.6 is 0 Å². The SMILES string of the molecule is CCCCC1(CC)CC=c2c3cccc4cccc(c43)n21. The molecule has 3 aromatic rings. The molecular formula is C20H23N. The number of hydrogen-bond acceptors (Lipinski definition) is 0. The topological polar surface area (TPSA) is 4.93 Å². The van der Waals surface area contributed by atoms with Crippen LogP contribution in [0.5, 0.6) is 0 Å². The molecule has 0 spiro atoms. The van der Waals surface area contributed by atoms with E-state index in [1.54, 1.807) is 0 Å². The van der Waals surface area contributed by atoms with Gasteiger partial charge in [-0.05, 0) is 30.7 Å². The summed E-state index contributed by atoms with van der Waals surface area (Å²) in [6, 6.07) is 13.5. The minimum atomic E-state index is 0.304. The zero-order valence-electron chi connectivity index (χ0n) is 13.0. The van der Waals surface area contributed by atoms with Gasteiger partial charge in [0.1, 0.15) is 0 Å². The zero-order valence-corrected chi connectivity index (χ0v) is 13.0. The Bertz CT molecular complexity index is 850. The fraction of sp³-hybridized carbons (Fsp3) is 0.400. The van der Waals surface area contributed by atoms with Gasteiger partial charge in [0.15, 0.2) is 0 Å². The molecule has 0 aliphatic carbocycles. The number of rotatable bonds is 4. The molecule has 0 amide bonds. The Morgan fingerprint density at radius 3 is 2.67 bits per heavy atom. The van der Waals surface area contributed by atoms with Crippen molar-refractivity contribution >= 4 is 27.8 Å². The number of benzene rings is 2. The summed E-state index contributed by atoms with van der Waals surface area (Å²) in [7, 11) is 0. The van der Waals surface area contributed by atoms with Crippen LogP contribution in [0.1, 0.15) is 46.0 Å². The van der Waals surface area contributed by atoms with Gasteiger partial charge < -0.3 is 4.57 Å². The molecule has 1 heteroatoms. The first-order chi connectivity index (χ1) is 10.3. The largest absolute Gasteiger partial charge is 0.334 e. The van der Waals surface area contributed by atoms with E-state index in [1.165, 1.54) is 59.1 Å². The van der Waals surface area contributed by atoms with Gasteiger partial charge in [0.05, 0.1) is 5.52 Å². The highest BCUT2D eigenvalue weighted by Gasteiger charge is 2.34. The van der Waals surface area contributed by atoms with Crippen LogP contribution < -0.4 is 5.35 Å². The van der Waals surface area contributed by atoms with Gasteiger partial charge in [-0.3, -0.25) is 0 Å². The van der Waals surface area contributed by atoms with Crippen molar-refractivity contribution in [3.05, 3.63) is 41.7 Å². The first kappa shape index (κ1) is 12.9. The molecule has 4 rings (SSSR count). The molecule has 1 atom stereocenters. The first-order valence-corrected chi connectivity index (χ1v) is 8.33. The first-order valence-electron chi connectivity index (χ1n) is 8.33. The van der Waals surface area contributed by atoms with Crippen LogP contribution in [0.4, 0.5) is 0 Å². The van der Waals surface area contributed by atoms with E-state index < -0.39 is 0 Å². The molecule has 1 aliphatic heterocycles. The Kier molecular flexibility index (Phi) is 2.85. The van der Waals surface area contributed by atoms with Crippen molar-refractivity contribution in [2.45, 2.75) is 51.5 Å². The standard InChI is InChI=1S/C20H23N/c1-3-5-13-20(4-2)14-12-17-16-10-6-8-15-9-7-11-18(19(15)16)21(17)20/h6-12H,3-5,13-14H2,1-2H3. The Balaban J connectivity index is 2.07. The highest BCUT2D eigenvalue weighted by Crippen LogP contribution is 2.39. The Hall–Kier alpha value is -1.76.